The molecule has 4 heteroatoms. The van der Waals surface area contributed by atoms with E-state index in [1.807, 2.05) is 23.7 Å². The van der Waals surface area contributed by atoms with E-state index in [0.717, 1.165) is 25.0 Å². The van der Waals surface area contributed by atoms with Gasteiger partial charge in [0.1, 0.15) is 5.01 Å². The van der Waals surface area contributed by atoms with Crippen LogP contribution in [-0.4, -0.2) is 23.1 Å². The molecule has 0 bridgehead atoms. The summed E-state index contributed by atoms with van der Waals surface area (Å²) in [5, 5.41) is 4.74. The first-order valence-corrected chi connectivity index (χ1v) is 6.57. The van der Waals surface area contributed by atoms with Gasteiger partial charge in [-0.1, -0.05) is 6.92 Å². The summed E-state index contributed by atoms with van der Waals surface area (Å²) < 4.78 is 1.25. The number of hydrogen-bond acceptors (Lipinski definition) is 4. The smallest absolute Gasteiger partial charge is 0.101 e. The summed E-state index contributed by atoms with van der Waals surface area (Å²) >= 11 is 1.83. The van der Waals surface area contributed by atoms with E-state index in [1.54, 1.807) is 0 Å². The van der Waals surface area contributed by atoms with Crippen molar-refractivity contribution in [3.63, 3.8) is 0 Å². The predicted octanol–water partition coefficient (Wildman–Crippen LogP) is 2.33. The molecule has 0 amide bonds. The van der Waals surface area contributed by atoms with E-state index in [1.165, 1.54) is 16.1 Å². The second-order valence-corrected chi connectivity index (χ2v) is 5.45. The average molecular weight is 233 g/mol. The van der Waals surface area contributed by atoms with Gasteiger partial charge in [-0.05, 0) is 25.5 Å². The van der Waals surface area contributed by atoms with E-state index in [9.17, 15) is 0 Å². The fraction of sp³-hybridized carbons (Fsp3) is 0.500. The van der Waals surface area contributed by atoms with Gasteiger partial charge in [-0.2, -0.15) is 0 Å². The van der Waals surface area contributed by atoms with Crippen LogP contribution in [0.15, 0.2) is 18.5 Å². The highest BCUT2D eigenvalue weighted by molar-refractivity contribution is 7.18. The molecule has 1 fully saturated rings. The maximum atomic E-state index is 4.75. The van der Waals surface area contributed by atoms with Crippen LogP contribution in [0.2, 0.25) is 0 Å². The summed E-state index contributed by atoms with van der Waals surface area (Å²) in [7, 11) is 0. The Morgan fingerprint density at radius 3 is 3.19 bits per heavy atom. The molecule has 0 aliphatic carbocycles. The van der Waals surface area contributed by atoms with Gasteiger partial charge in [0.15, 0.2) is 0 Å². The Morgan fingerprint density at radius 1 is 1.56 bits per heavy atom. The van der Waals surface area contributed by atoms with Gasteiger partial charge in [0.25, 0.3) is 0 Å². The van der Waals surface area contributed by atoms with Crippen LogP contribution < -0.4 is 5.32 Å². The zero-order valence-corrected chi connectivity index (χ0v) is 10.2. The first-order valence-electron chi connectivity index (χ1n) is 5.76. The number of nitrogens with one attached hydrogen (secondary N) is 1. The zero-order chi connectivity index (χ0) is 11.0. The SMILES string of the molecule is CCC1(c2nc3cnccc3s2)CCNC1. The lowest BCUT2D eigenvalue weighted by Crippen LogP contribution is -2.27. The summed E-state index contributed by atoms with van der Waals surface area (Å²) in [5.41, 5.74) is 1.31. The summed E-state index contributed by atoms with van der Waals surface area (Å²) in [4.78, 5) is 8.88. The zero-order valence-electron chi connectivity index (χ0n) is 9.36. The number of aromatic nitrogens is 2. The molecule has 0 radical (unpaired) electrons. The van der Waals surface area contributed by atoms with Crippen molar-refractivity contribution in [1.82, 2.24) is 15.3 Å². The summed E-state index contributed by atoms with van der Waals surface area (Å²) in [6.45, 7) is 4.44. The van der Waals surface area contributed by atoms with Crippen molar-refractivity contribution in [3.8, 4) is 0 Å². The Labute approximate surface area is 98.9 Å². The Balaban J connectivity index is 2.10. The van der Waals surface area contributed by atoms with Crippen LogP contribution in [0.25, 0.3) is 10.2 Å². The summed E-state index contributed by atoms with van der Waals surface area (Å²) in [6, 6.07) is 2.06. The van der Waals surface area contributed by atoms with Gasteiger partial charge < -0.3 is 5.32 Å². The number of pyridine rings is 1. The van der Waals surface area contributed by atoms with Gasteiger partial charge in [0, 0.05) is 18.2 Å². The second kappa shape index (κ2) is 3.79. The third-order valence-corrected chi connectivity index (χ3v) is 4.85. The van der Waals surface area contributed by atoms with Crippen LogP contribution in [-0.2, 0) is 5.41 Å². The number of fused-ring (bicyclic) bond motifs is 1. The quantitative estimate of drug-likeness (QED) is 0.865. The molecule has 1 atom stereocenters. The maximum Gasteiger partial charge on any atom is 0.101 e. The van der Waals surface area contributed by atoms with E-state index >= 15 is 0 Å². The Kier molecular flexibility index (Phi) is 2.41. The molecule has 0 aromatic carbocycles. The first-order chi connectivity index (χ1) is 7.84. The van der Waals surface area contributed by atoms with Crippen molar-refractivity contribution in [2.45, 2.75) is 25.2 Å². The minimum Gasteiger partial charge on any atom is -0.316 e. The molecule has 1 N–H and O–H groups in total. The predicted molar refractivity (Wildman–Crippen MR) is 66.9 cm³/mol. The van der Waals surface area contributed by atoms with Crippen molar-refractivity contribution < 1.29 is 0 Å². The van der Waals surface area contributed by atoms with Gasteiger partial charge in [-0.25, -0.2) is 4.98 Å². The number of rotatable bonds is 2. The highest BCUT2D eigenvalue weighted by Crippen LogP contribution is 2.38. The number of nitrogens with zero attached hydrogens (tertiary/aromatic N) is 2. The molecule has 3 rings (SSSR count). The van der Waals surface area contributed by atoms with Crippen LogP contribution in [0.3, 0.4) is 0 Å². The van der Waals surface area contributed by atoms with Crippen molar-refractivity contribution in [1.29, 1.82) is 0 Å². The van der Waals surface area contributed by atoms with Gasteiger partial charge in [0.05, 0.1) is 16.4 Å². The lowest BCUT2D eigenvalue weighted by Gasteiger charge is -2.23. The van der Waals surface area contributed by atoms with E-state index in [-0.39, 0.29) is 5.41 Å². The molecule has 1 aliphatic rings. The average Bonchev–Trinajstić information content (AvgIpc) is 2.96. The highest BCUT2D eigenvalue weighted by Gasteiger charge is 2.36. The lowest BCUT2D eigenvalue weighted by atomic mass is 9.85. The van der Waals surface area contributed by atoms with Crippen molar-refractivity contribution in [2.75, 3.05) is 13.1 Å². The van der Waals surface area contributed by atoms with Crippen molar-refractivity contribution in [2.24, 2.45) is 0 Å². The molecular formula is C12H15N3S. The number of hydrogen-bond donors (Lipinski definition) is 1. The Morgan fingerprint density at radius 2 is 2.50 bits per heavy atom. The minimum atomic E-state index is 0.268. The second-order valence-electron chi connectivity index (χ2n) is 4.42. The van der Waals surface area contributed by atoms with Crippen LogP contribution in [0.1, 0.15) is 24.8 Å². The molecule has 0 saturated carbocycles. The van der Waals surface area contributed by atoms with Crippen molar-refractivity contribution >= 4 is 21.6 Å². The normalized spacial score (nSPS) is 25.3. The fourth-order valence-corrected chi connectivity index (χ4v) is 3.61. The molecule has 1 aliphatic heterocycles. The topological polar surface area (TPSA) is 37.8 Å². The molecule has 3 nitrogen and oxygen atoms in total. The standard InChI is InChI=1S/C12H15N3S/c1-2-12(4-6-14-8-12)11-15-9-7-13-5-3-10(9)16-11/h3,5,7,14H,2,4,6,8H2,1H3. The Hall–Kier alpha value is -1.00. The fourth-order valence-electron chi connectivity index (χ4n) is 2.39. The van der Waals surface area contributed by atoms with E-state index in [2.05, 4.69) is 23.3 Å². The van der Waals surface area contributed by atoms with Crippen LogP contribution in [0.5, 0.6) is 0 Å². The highest BCUT2D eigenvalue weighted by atomic mass is 32.1. The summed E-state index contributed by atoms with van der Waals surface area (Å²) in [5.74, 6) is 0. The van der Waals surface area contributed by atoms with E-state index in [4.69, 9.17) is 4.98 Å². The van der Waals surface area contributed by atoms with E-state index in [0.29, 0.717) is 0 Å². The molecule has 84 valence electrons. The van der Waals surface area contributed by atoms with Gasteiger partial charge in [0.2, 0.25) is 0 Å². The molecular weight excluding hydrogens is 218 g/mol. The Bertz CT molecular complexity index is 467. The molecule has 1 saturated heterocycles. The molecule has 2 aromatic rings. The number of thiazole rings is 1. The van der Waals surface area contributed by atoms with Crippen LogP contribution in [0, 0.1) is 0 Å². The third kappa shape index (κ3) is 1.44. The van der Waals surface area contributed by atoms with Crippen LogP contribution >= 0.6 is 11.3 Å². The van der Waals surface area contributed by atoms with Gasteiger partial charge >= 0.3 is 0 Å². The molecule has 3 heterocycles. The van der Waals surface area contributed by atoms with Gasteiger partial charge in [-0.15, -0.1) is 11.3 Å². The monoisotopic (exact) mass is 233 g/mol. The minimum absolute atomic E-state index is 0.268. The lowest BCUT2D eigenvalue weighted by molar-refractivity contribution is 0.452. The van der Waals surface area contributed by atoms with Crippen LogP contribution in [0.4, 0.5) is 0 Å². The molecule has 16 heavy (non-hydrogen) atoms. The first kappa shape index (κ1) is 10.2. The molecule has 0 spiro atoms. The summed E-state index contributed by atoms with van der Waals surface area (Å²) in [6.07, 6.45) is 6.07. The largest absolute Gasteiger partial charge is 0.316 e. The third-order valence-electron chi connectivity index (χ3n) is 3.56. The molecule has 1 unspecified atom stereocenters. The van der Waals surface area contributed by atoms with Crippen molar-refractivity contribution in [3.05, 3.63) is 23.5 Å². The van der Waals surface area contributed by atoms with E-state index < -0.39 is 0 Å². The van der Waals surface area contributed by atoms with Gasteiger partial charge in [-0.3, -0.25) is 4.98 Å². The molecule has 2 aromatic heterocycles. The maximum absolute atomic E-state index is 4.75.